The van der Waals surface area contributed by atoms with Gasteiger partial charge in [0.15, 0.2) is 0 Å². The number of nitrogens with one attached hydrogen (secondary N) is 2. The van der Waals surface area contributed by atoms with E-state index in [1.165, 1.54) is 36.6 Å². The number of piperidine rings is 1. The third-order valence-corrected chi connectivity index (χ3v) is 5.06. The molecule has 90 valence electrons. The van der Waals surface area contributed by atoms with Gasteiger partial charge in [0.25, 0.3) is 0 Å². The highest BCUT2D eigenvalue weighted by molar-refractivity contribution is 7.99. The average Bonchev–Trinajstić information content (AvgIpc) is 2.83. The van der Waals surface area contributed by atoms with Gasteiger partial charge < -0.3 is 10.6 Å². The molecule has 0 spiro atoms. The quantitative estimate of drug-likeness (QED) is 0.764. The summed E-state index contributed by atoms with van der Waals surface area (Å²) in [5.74, 6) is 1.25. The number of hydrogen-bond acceptors (Lipinski definition) is 4. The van der Waals surface area contributed by atoms with E-state index in [1.54, 1.807) is 0 Å². The molecule has 0 bridgehead atoms. The topological polar surface area (TPSA) is 24.1 Å². The van der Waals surface area contributed by atoms with Gasteiger partial charge in [-0.2, -0.15) is 11.8 Å². The Balaban J connectivity index is 1.48. The van der Waals surface area contributed by atoms with Gasteiger partial charge in [0.05, 0.1) is 0 Å². The molecule has 2 heterocycles. The average molecular weight is 256 g/mol. The van der Waals surface area contributed by atoms with Gasteiger partial charge in [-0.05, 0) is 37.4 Å². The number of hydrogen-bond donors (Lipinski definition) is 2. The van der Waals surface area contributed by atoms with E-state index in [4.69, 9.17) is 0 Å². The molecule has 1 saturated heterocycles. The van der Waals surface area contributed by atoms with Crippen molar-refractivity contribution in [2.45, 2.75) is 24.6 Å². The maximum absolute atomic E-state index is 3.50. The number of thiophene rings is 1. The normalized spacial score (nSPS) is 17.8. The molecular formula is C12H20N2S2. The van der Waals surface area contributed by atoms with E-state index in [0.29, 0.717) is 0 Å². The summed E-state index contributed by atoms with van der Waals surface area (Å²) >= 11 is 3.97. The summed E-state index contributed by atoms with van der Waals surface area (Å²) in [6.07, 6.45) is 2.69. The Hall–Kier alpha value is -0.0300. The van der Waals surface area contributed by atoms with Gasteiger partial charge in [-0.1, -0.05) is 6.07 Å². The predicted octanol–water partition coefficient (Wildman–Crippen LogP) is 2.32. The molecule has 2 nitrogen and oxygen atoms in total. The van der Waals surface area contributed by atoms with E-state index < -0.39 is 0 Å². The third kappa shape index (κ3) is 4.45. The summed E-state index contributed by atoms with van der Waals surface area (Å²) in [5, 5.41) is 9.94. The predicted molar refractivity (Wildman–Crippen MR) is 74.4 cm³/mol. The second kappa shape index (κ2) is 7.33. The molecule has 4 heteroatoms. The van der Waals surface area contributed by atoms with Crippen molar-refractivity contribution in [1.29, 1.82) is 0 Å². The third-order valence-electron chi connectivity index (χ3n) is 2.80. The van der Waals surface area contributed by atoms with Crippen molar-refractivity contribution in [2.75, 3.05) is 25.4 Å². The first-order chi connectivity index (χ1) is 7.95. The Labute approximate surface area is 106 Å². The second-order valence-corrected chi connectivity index (χ2v) is 6.52. The fraction of sp³-hybridized carbons (Fsp3) is 0.667. The van der Waals surface area contributed by atoms with Crippen molar-refractivity contribution < 1.29 is 0 Å². The Kier molecular flexibility index (Phi) is 5.69. The zero-order valence-corrected chi connectivity index (χ0v) is 11.2. The highest BCUT2D eigenvalue weighted by Gasteiger charge is 2.12. The number of rotatable bonds is 6. The monoisotopic (exact) mass is 256 g/mol. The lowest BCUT2D eigenvalue weighted by atomic mass is 10.2. The molecule has 1 aliphatic heterocycles. The molecule has 0 atom stereocenters. The fourth-order valence-corrected chi connectivity index (χ4v) is 3.72. The van der Waals surface area contributed by atoms with E-state index in [1.807, 2.05) is 11.3 Å². The lowest BCUT2D eigenvalue weighted by Crippen LogP contribution is -2.30. The summed E-state index contributed by atoms with van der Waals surface area (Å²) in [6.45, 7) is 4.58. The van der Waals surface area contributed by atoms with Gasteiger partial charge in [-0.15, -0.1) is 11.3 Å². The summed E-state index contributed by atoms with van der Waals surface area (Å²) in [6, 6.07) is 4.31. The second-order valence-electron chi connectivity index (χ2n) is 4.08. The van der Waals surface area contributed by atoms with Crippen molar-refractivity contribution in [3.8, 4) is 0 Å². The minimum Gasteiger partial charge on any atom is -0.317 e. The summed E-state index contributed by atoms with van der Waals surface area (Å²) in [5.41, 5.74) is 0. The van der Waals surface area contributed by atoms with Crippen LogP contribution in [0.15, 0.2) is 17.5 Å². The molecule has 0 amide bonds. The molecule has 1 aromatic rings. The molecule has 2 N–H and O–H groups in total. The zero-order chi connectivity index (χ0) is 11.1. The molecule has 0 unspecified atom stereocenters. The van der Waals surface area contributed by atoms with Crippen LogP contribution >= 0.6 is 23.1 Å². The Bertz CT molecular complexity index is 269. The lowest BCUT2D eigenvalue weighted by molar-refractivity contribution is 0.531. The molecule has 0 aliphatic carbocycles. The smallest absolute Gasteiger partial charge is 0.0300 e. The molecule has 2 rings (SSSR count). The minimum atomic E-state index is 0.893. The van der Waals surface area contributed by atoms with Crippen LogP contribution in [0, 0.1) is 0 Å². The van der Waals surface area contributed by atoms with Crippen molar-refractivity contribution in [1.82, 2.24) is 10.6 Å². The molecule has 0 radical (unpaired) electrons. The van der Waals surface area contributed by atoms with Gasteiger partial charge in [0, 0.05) is 29.0 Å². The molecule has 1 aromatic heterocycles. The van der Waals surface area contributed by atoms with E-state index >= 15 is 0 Å². The first-order valence-corrected chi connectivity index (χ1v) is 7.93. The van der Waals surface area contributed by atoms with Gasteiger partial charge in [-0.25, -0.2) is 0 Å². The van der Waals surface area contributed by atoms with Crippen LogP contribution in [0.25, 0.3) is 0 Å². The van der Waals surface area contributed by atoms with E-state index in [9.17, 15) is 0 Å². The molecular weight excluding hydrogens is 236 g/mol. The van der Waals surface area contributed by atoms with Gasteiger partial charge in [0.2, 0.25) is 0 Å². The molecule has 0 aromatic carbocycles. The standard InChI is InChI=1S/C12H20N2S2/c1-2-12(15-8-1)10-14-7-9-16-11-3-5-13-6-4-11/h1-2,8,11,13-14H,3-7,9-10H2. The van der Waals surface area contributed by atoms with Crippen molar-refractivity contribution >= 4 is 23.1 Å². The summed E-state index contributed by atoms with van der Waals surface area (Å²) < 4.78 is 0. The van der Waals surface area contributed by atoms with Crippen LogP contribution in [0.5, 0.6) is 0 Å². The Morgan fingerprint density at radius 2 is 2.31 bits per heavy atom. The zero-order valence-electron chi connectivity index (χ0n) is 9.58. The highest BCUT2D eigenvalue weighted by atomic mass is 32.2. The molecule has 1 fully saturated rings. The van der Waals surface area contributed by atoms with E-state index in [2.05, 4.69) is 39.9 Å². The Morgan fingerprint density at radius 3 is 3.06 bits per heavy atom. The van der Waals surface area contributed by atoms with Gasteiger partial charge in [0.1, 0.15) is 0 Å². The van der Waals surface area contributed by atoms with Crippen LogP contribution in [0.1, 0.15) is 17.7 Å². The largest absolute Gasteiger partial charge is 0.317 e. The lowest BCUT2D eigenvalue weighted by Gasteiger charge is -2.21. The summed E-state index contributed by atoms with van der Waals surface area (Å²) in [7, 11) is 0. The summed E-state index contributed by atoms with van der Waals surface area (Å²) in [4.78, 5) is 1.44. The first-order valence-electron chi connectivity index (χ1n) is 6.00. The van der Waals surface area contributed by atoms with Crippen LogP contribution in [-0.2, 0) is 6.54 Å². The molecule has 1 aliphatic rings. The van der Waals surface area contributed by atoms with Crippen LogP contribution in [0.2, 0.25) is 0 Å². The minimum absolute atomic E-state index is 0.893. The van der Waals surface area contributed by atoms with Crippen molar-refractivity contribution in [3.63, 3.8) is 0 Å². The van der Waals surface area contributed by atoms with Crippen LogP contribution in [-0.4, -0.2) is 30.6 Å². The van der Waals surface area contributed by atoms with Crippen molar-refractivity contribution in [2.24, 2.45) is 0 Å². The van der Waals surface area contributed by atoms with Gasteiger partial charge >= 0.3 is 0 Å². The highest BCUT2D eigenvalue weighted by Crippen LogP contribution is 2.19. The maximum atomic E-state index is 3.50. The van der Waals surface area contributed by atoms with Crippen molar-refractivity contribution in [3.05, 3.63) is 22.4 Å². The Morgan fingerprint density at radius 1 is 1.44 bits per heavy atom. The van der Waals surface area contributed by atoms with Crippen LogP contribution < -0.4 is 10.6 Å². The molecule has 0 saturated carbocycles. The molecule has 16 heavy (non-hydrogen) atoms. The van der Waals surface area contributed by atoms with E-state index in [0.717, 1.165) is 18.3 Å². The first kappa shape index (κ1) is 12.4. The number of thioether (sulfide) groups is 1. The van der Waals surface area contributed by atoms with Gasteiger partial charge in [-0.3, -0.25) is 0 Å². The van der Waals surface area contributed by atoms with Crippen LogP contribution in [0.4, 0.5) is 0 Å². The maximum Gasteiger partial charge on any atom is 0.0300 e. The van der Waals surface area contributed by atoms with Crippen LogP contribution in [0.3, 0.4) is 0 Å². The van der Waals surface area contributed by atoms with E-state index in [-0.39, 0.29) is 0 Å². The SMILES string of the molecule is c1csc(CNCCSC2CCNCC2)c1. The fourth-order valence-electron chi connectivity index (χ4n) is 1.88.